The van der Waals surface area contributed by atoms with Crippen molar-refractivity contribution in [2.75, 3.05) is 0 Å². The van der Waals surface area contributed by atoms with Crippen molar-refractivity contribution in [3.8, 4) is 0 Å². The van der Waals surface area contributed by atoms with E-state index in [1.54, 1.807) is 0 Å². The summed E-state index contributed by atoms with van der Waals surface area (Å²) in [5.41, 5.74) is -0.0361. The number of carbonyl (C=O) groups is 1. The van der Waals surface area contributed by atoms with Crippen LogP contribution in [0.5, 0.6) is 0 Å². The predicted molar refractivity (Wildman–Crippen MR) is 43.0 cm³/mol. The van der Waals surface area contributed by atoms with Gasteiger partial charge < -0.3 is 5.11 Å². The van der Waals surface area contributed by atoms with E-state index in [-0.39, 0.29) is 11.8 Å². The Morgan fingerprint density at radius 1 is 1.38 bits per heavy atom. The van der Waals surface area contributed by atoms with Crippen LogP contribution in [0.25, 0.3) is 6.08 Å². The van der Waals surface area contributed by atoms with Gasteiger partial charge in [0.25, 0.3) is 0 Å². The van der Waals surface area contributed by atoms with Gasteiger partial charge in [-0.15, -0.1) is 0 Å². The number of aliphatic hydroxyl groups excluding tert-OH is 1. The lowest BCUT2D eigenvalue weighted by molar-refractivity contribution is -0.106. The van der Waals surface area contributed by atoms with Gasteiger partial charge in [-0.2, -0.15) is 0 Å². The Morgan fingerprint density at radius 2 is 2.08 bits per heavy atom. The molecule has 68 valence electrons. The highest BCUT2D eigenvalue weighted by molar-refractivity contribution is 5.78. The van der Waals surface area contributed by atoms with Crippen LogP contribution < -0.4 is 0 Å². The average Bonchev–Trinajstić information content (AvgIpc) is 2.09. The molecule has 0 atom stereocenters. The topological polar surface area (TPSA) is 37.3 Å². The molecule has 1 aromatic carbocycles. The molecule has 2 nitrogen and oxygen atoms in total. The molecule has 0 aromatic heterocycles. The van der Waals surface area contributed by atoms with Crippen LogP contribution in [0.3, 0.4) is 0 Å². The van der Waals surface area contributed by atoms with E-state index in [2.05, 4.69) is 0 Å². The molecule has 0 spiro atoms. The van der Waals surface area contributed by atoms with Crippen molar-refractivity contribution in [1.29, 1.82) is 0 Å². The van der Waals surface area contributed by atoms with Gasteiger partial charge in [0.2, 0.25) is 0 Å². The fraction of sp³-hybridized carbons (Fsp3) is 0. The number of benzene rings is 1. The van der Waals surface area contributed by atoms with E-state index >= 15 is 0 Å². The van der Waals surface area contributed by atoms with Crippen LogP contribution in [0.15, 0.2) is 24.0 Å². The first-order valence-electron chi connectivity index (χ1n) is 3.44. The molecule has 0 bridgehead atoms. The molecule has 0 aliphatic heterocycles. The first-order valence-corrected chi connectivity index (χ1v) is 3.44. The summed E-state index contributed by atoms with van der Waals surface area (Å²) in [6, 6.07) is 2.83. The van der Waals surface area contributed by atoms with Crippen molar-refractivity contribution < 1.29 is 18.7 Å². The van der Waals surface area contributed by atoms with E-state index in [4.69, 9.17) is 5.11 Å². The summed E-state index contributed by atoms with van der Waals surface area (Å²) in [6.07, 6.45) is 1.09. The van der Waals surface area contributed by atoms with Crippen molar-refractivity contribution >= 4 is 12.4 Å². The molecular formula is C9H6F2O2. The van der Waals surface area contributed by atoms with Gasteiger partial charge in [-0.3, -0.25) is 4.79 Å². The number of aliphatic hydroxyl groups is 1. The Morgan fingerprint density at radius 3 is 2.62 bits per heavy atom. The third kappa shape index (κ3) is 2.37. The van der Waals surface area contributed by atoms with E-state index in [9.17, 15) is 13.6 Å². The van der Waals surface area contributed by atoms with E-state index in [1.807, 2.05) is 0 Å². The zero-order valence-electron chi connectivity index (χ0n) is 6.50. The molecule has 0 saturated heterocycles. The molecule has 1 N–H and O–H groups in total. The summed E-state index contributed by atoms with van der Waals surface area (Å²) < 4.78 is 25.2. The molecule has 0 radical (unpaired) electrons. The maximum absolute atomic E-state index is 12.8. The largest absolute Gasteiger partial charge is 0.505 e. The molecule has 1 rings (SSSR count). The van der Waals surface area contributed by atoms with Crippen molar-refractivity contribution in [1.82, 2.24) is 0 Å². The van der Waals surface area contributed by atoms with E-state index in [1.165, 1.54) is 0 Å². The van der Waals surface area contributed by atoms with E-state index in [0.717, 1.165) is 18.2 Å². The molecule has 4 heteroatoms. The Hall–Kier alpha value is -1.71. The van der Waals surface area contributed by atoms with Crippen molar-refractivity contribution in [2.24, 2.45) is 0 Å². The number of hydrogen-bond donors (Lipinski definition) is 1. The first kappa shape index (κ1) is 9.38. The number of carbonyl (C=O) groups excluding carboxylic acids is 1. The zero-order valence-corrected chi connectivity index (χ0v) is 6.50. The predicted octanol–water partition coefficient (Wildman–Crippen LogP) is 2.06. The highest BCUT2D eigenvalue weighted by Crippen LogP contribution is 2.11. The minimum absolute atomic E-state index is 0.0361. The summed E-state index contributed by atoms with van der Waals surface area (Å²) in [5.74, 6) is -2.14. The normalized spacial score (nSPS) is 11.4. The Kier molecular flexibility index (Phi) is 2.74. The van der Waals surface area contributed by atoms with Crippen LogP contribution >= 0.6 is 0 Å². The fourth-order valence-corrected chi connectivity index (χ4v) is 0.812. The number of rotatable bonds is 2. The van der Waals surface area contributed by atoms with Crippen LogP contribution in [-0.2, 0) is 4.79 Å². The van der Waals surface area contributed by atoms with Crippen molar-refractivity contribution in [2.45, 2.75) is 0 Å². The van der Waals surface area contributed by atoms with Crippen LogP contribution in [0.4, 0.5) is 8.78 Å². The first-order chi connectivity index (χ1) is 6.13. The third-order valence-electron chi connectivity index (χ3n) is 1.39. The van der Waals surface area contributed by atoms with E-state index < -0.39 is 17.4 Å². The second-order valence-corrected chi connectivity index (χ2v) is 2.35. The lowest BCUT2D eigenvalue weighted by Gasteiger charge is -1.96. The van der Waals surface area contributed by atoms with Gasteiger partial charge in [0.15, 0.2) is 12.0 Å². The lowest BCUT2D eigenvalue weighted by Crippen LogP contribution is -1.87. The van der Waals surface area contributed by atoms with Gasteiger partial charge >= 0.3 is 0 Å². The highest BCUT2D eigenvalue weighted by atomic mass is 19.1. The van der Waals surface area contributed by atoms with Crippen molar-refractivity contribution in [3.05, 3.63) is 41.2 Å². The molecule has 0 amide bonds. The Labute approximate surface area is 73.1 Å². The number of hydrogen-bond acceptors (Lipinski definition) is 2. The van der Waals surface area contributed by atoms with Gasteiger partial charge in [0.05, 0.1) is 0 Å². The highest BCUT2D eigenvalue weighted by Gasteiger charge is 2.01. The standard InChI is InChI=1S/C9H6F2O2/c10-7-2-1-6(9(11)4-7)3-8(13)5-12/h1-5,13H/b8-3+. The van der Waals surface area contributed by atoms with Crippen molar-refractivity contribution in [3.63, 3.8) is 0 Å². The molecule has 0 aliphatic rings. The van der Waals surface area contributed by atoms with Gasteiger partial charge in [0.1, 0.15) is 11.6 Å². The van der Waals surface area contributed by atoms with Crippen LogP contribution in [0.2, 0.25) is 0 Å². The van der Waals surface area contributed by atoms with Crippen LogP contribution in [0.1, 0.15) is 5.56 Å². The lowest BCUT2D eigenvalue weighted by atomic mass is 10.2. The molecule has 0 aliphatic carbocycles. The maximum Gasteiger partial charge on any atom is 0.184 e. The monoisotopic (exact) mass is 184 g/mol. The molecule has 0 unspecified atom stereocenters. The van der Waals surface area contributed by atoms with E-state index in [0.29, 0.717) is 6.07 Å². The smallest absolute Gasteiger partial charge is 0.184 e. The molecule has 13 heavy (non-hydrogen) atoms. The quantitative estimate of drug-likeness (QED) is 0.434. The second-order valence-electron chi connectivity index (χ2n) is 2.35. The maximum atomic E-state index is 12.8. The third-order valence-corrected chi connectivity index (χ3v) is 1.39. The molecule has 1 aromatic rings. The summed E-state index contributed by atoms with van der Waals surface area (Å²) >= 11 is 0. The van der Waals surface area contributed by atoms with Gasteiger partial charge in [-0.1, -0.05) is 0 Å². The SMILES string of the molecule is O=C/C(O)=C\c1ccc(F)cc1F. The number of halogens is 2. The summed E-state index contributed by atoms with van der Waals surface area (Å²) in [6.45, 7) is 0. The van der Waals surface area contributed by atoms with Gasteiger partial charge in [-0.05, 0) is 18.2 Å². The van der Waals surface area contributed by atoms with Crippen LogP contribution in [-0.4, -0.2) is 11.4 Å². The number of allylic oxidation sites excluding steroid dienone is 1. The van der Waals surface area contributed by atoms with Crippen LogP contribution in [0, 0.1) is 11.6 Å². The minimum Gasteiger partial charge on any atom is -0.505 e. The second kappa shape index (κ2) is 3.80. The molecular weight excluding hydrogens is 178 g/mol. The van der Waals surface area contributed by atoms with Gasteiger partial charge in [0, 0.05) is 11.6 Å². The summed E-state index contributed by atoms with van der Waals surface area (Å²) in [4.78, 5) is 9.97. The molecule has 0 fully saturated rings. The Bertz CT molecular complexity index is 359. The molecule has 0 saturated carbocycles. The average molecular weight is 184 g/mol. The van der Waals surface area contributed by atoms with Gasteiger partial charge in [-0.25, -0.2) is 8.78 Å². The number of aldehydes is 1. The zero-order chi connectivity index (χ0) is 9.84. The Balaban J connectivity index is 3.09. The summed E-state index contributed by atoms with van der Waals surface area (Å²) in [5, 5.41) is 8.74. The fourth-order valence-electron chi connectivity index (χ4n) is 0.812. The summed E-state index contributed by atoms with van der Waals surface area (Å²) in [7, 11) is 0. The molecule has 0 heterocycles. The minimum atomic E-state index is -0.826.